The lowest BCUT2D eigenvalue weighted by Gasteiger charge is -2.12. The van der Waals surface area contributed by atoms with Gasteiger partial charge in [-0.1, -0.05) is 30.9 Å². The number of hydrogen-bond acceptors (Lipinski definition) is 5. The normalized spacial score (nSPS) is 16.2. The molecule has 0 bridgehead atoms. The Kier molecular flexibility index (Phi) is 7.36. The van der Waals surface area contributed by atoms with Crippen LogP contribution in [0.5, 0.6) is 5.75 Å². The molecular weight excluding hydrogens is 348 g/mol. The largest absolute Gasteiger partial charge is 0.490 e. The average Bonchev–Trinajstić information content (AvgIpc) is 3.24. The summed E-state index contributed by atoms with van der Waals surface area (Å²) in [6.45, 7) is 8.22. The number of aromatic nitrogens is 1. The number of pyridine rings is 1. The average molecular weight is 374 g/mol. The number of nitriles is 1. The van der Waals surface area contributed by atoms with Gasteiger partial charge in [0.15, 0.2) is 0 Å². The molecule has 144 valence electrons. The summed E-state index contributed by atoms with van der Waals surface area (Å²) in [4.78, 5) is 4.10. The van der Waals surface area contributed by atoms with Gasteiger partial charge in [-0.3, -0.25) is 4.98 Å². The van der Waals surface area contributed by atoms with Gasteiger partial charge in [0.05, 0.1) is 5.56 Å². The first-order valence-corrected chi connectivity index (χ1v) is 9.59. The maximum atomic E-state index is 9.01. The summed E-state index contributed by atoms with van der Waals surface area (Å²) in [5.74, 6) is 1.53. The Hall–Kier alpha value is -2.94. The first-order valence-electron chi connectivity index (χ1n) is 9.59. The molecule has 2 aromatic rings. The van der Waals surface area contributed by atoms with E-state index in [1.54, 1.807) is 18.5 Å². The summed E-state index contributed by atoms with van der Waals surface area (Å²) in [7, 11) is 0. The highest BCUT2D eigenvalue weighted by Crippen LogP contribution is 2.20. The number of nitrogens with one attached hydrogen (secondary N) is 2. The van der Waals surface area contributed by atoms with E-state index in [-0.39, 0.29) is 0 Å². The van der Waals surface area contributed by atoms with Gasteiger partial charge in [-0.2, -0.15) is 5.26 Å². The number of nitrogens with zero attached hydrogens (tertiary/aromatic N) is 2. The van der Waals surface area contributed by atoms with Crippen molar-refractivity contribution in [1.82, 2.24) is 15.6 Å². The van der Waals surface area contributed by atoms with E-state index in [0.29, 0.717) is 18.1 Å². The van der Waals surface area contributed by atoms with Gasteiger partial charge in [-0.15, -0.1) is 0 Å². The molecule has 1 aromatic heterocycles. The van der Waals surface area contributed by atoms with E-state index in [1.165, 1.54) is 12.0 Å². The van der Waals surface area contributed by atoms with E-state index in [4.69, 9.17) is 10.00 Å². The van der Waals surface area contributed by atoms with Crippen molar-refractivity contribution < 1.29 is 4.74 Å². The molecule has 5 nitrogen and oxygen atoms in total. The summed E-state index contributed by atoms with van der Waals surface area (Å²) in [6.07, 6.45) is 10.3. The first-order chi connectivity index (χ1) is 13.8. The van der Waals surface area contributed by atoms with Gasteiger partial charge in [0, 0.05) is 18.9 Å². The molecule has 0 radical (unpaired) electrons. The minimum atomic E-state index is 0.474. The van der Waals surface area contributed by atoms with Crippen LogP contribution in [0.15, 0.2) is 49.3 Å². The lowest BCUT2D eigenvalue weighted by Crippen LogP contribution is -2.24. The Labute approximate surface area is 166 Å². The summed E-state index contributed by atoms with van der Waals surface area (Å²) in [5, 5.41) is 16.0. The Balaban J connectivity index is 1.71. The predicted molar refractivity (Wildman–Crippen MR) is 113 cm³/mol. The zero-order valence-electron chi connectivity index (χ0n) is 16.0. The fourth-order valence-corrected chi connectivity index (χ4v) is 3.23. The molecule has 0 aliphatic carbocycles. The fraction of sp³-hybridized carbons (Fsp3) is 0.304. The molecule has 1 unspecified atom stereocenters. The molecule has 1 aliphatic rings. The van der Waals surface area contributed by atoms with E-state index in [9.17, 15) is 0 Å². The van der Waals surface area contributed by atoms with Gasteiger partial charge < -0.3 is 15.4 Å². The molecule has 1 aliphatic heterocycles. The number of benzene rings is 1. The second-order valence-corrected chi connectivity index (χ2v) is 6.95. The Morgan fingerprint density at radius 2 is 2.14 bits per heavy atom. The molecule has 5 heteroatoms. The molecule has 1 atom stereocenters. The van der Waals surface area contributed by atoms with Crippen molar-refractivity contribution in [3.63, 3.8) is 0 Å². The second-order valence-electron chi connectivity index (χ2n) is 6.95. The third kappa shape index (κ3) is 6.05. The second kappa shape index (κ2) is 10.4. The minimum absolute atomic E-state index is 0.474. The van der Waals surface area contributed by atoms with Gasteiger partial charge in [-0.25, -0.2) is 0 Å². The van der Waals surface area contributed by atoms with Crippen LogP contribution in [0.2, 0.25) is 0 Å². The Morgan fingerprint density at radius 1 is 1.25 bits per heavy atom. The predicted octanol–water partition coefficient (Wildman–Crippen LogP) is 3.39. The highest BCUT2D eigenvalue weighted by atomic mass is 16.5. The van der Waals surface area contributed by atoms with Crippen molar-refractivity contribution in [2.75, 3.05) is 26.2 Å². The maximum absolute atomic E-state index is 9.01. The third-order valence-corrected chi connectivity index (χ3v) is 4.64. The standard InChI is InChI=1S/C23H26N4O/c1-2-7-28-23-10-18(3-4-19-9-22(12-24)17-26-13-19)8-21(11-23)16-27-15-20-5-6-25-14-20/h2-4,8-11,13,17,20,25,27H,1,5-7,14-16H2/b4-3+. The fourth-order valence-electron chi connectivity index (χ4n) is 3.23. The number of rotatable bonds is 9. The quantitative estimate of drug-likeness (QED) is 0.659. The first kappa shape index (κ1) is 19.8. The number of hydrogen-bond donors (Lipinski definition) is 2. The summed E-state index contributed by atoms with van der Waals surface area (Å²) >= 11 is 0. The topological polar surface area (TPSA) is 70.0 Å². The van der Waals surface area contributed by atoms with E-state index in [1.807, 2.05) is 24.3 Å². The molecule has 28 heavy (non-hydrogen) atoms. The highest BCUT2D eigenvalue weighted by Gasteiger charge is 2.13. The van der Waals surface area contributed by atoms with Crippen LogP contribution in [0.4, 0.5) is 0 Å². The van der Waals surface area contributed by atoms with Crippen LogP contribution in [-0.2, 0) is 6.54 Å². The minimum Gasteiger partial charge on any atom is -0.490 e. The molecule has 3 rings (SSSR count). The Bertz CT molecular complexity index is 863. The number of ether oxygens (including phenoxy) is 1. The zero-order valence-corrected chi connectivity index (χ0v) is 16.0. The van der Waals surface area contributed by atoms with E-state index in [0.717, 1.165) is 43.1 Å². The lowest BCUT2D eigenvalue weighted by atomic mass is 10.1. The lowest BCUT2D eigenvalue weighted by molar-refractivity contribution is 0.362. The van der Waals surface area contributed by atoms with Gasteiger partial charge in [0.2, 0.25) is 0 Å². The van der Waals surface area contributed by atoms with Crippen LogP contribution in [0.3, 0.4) is 0 Å². The van der Waals surface area contributed by atoms with Gasteiger partial charge >= 0.3 is 0 Å². The molecule has 0 spiro atoms. The molecule has 2 heterocycles. The molecule has 1 fully saturated rings. The third-order valence-electron chi connectivity index (χ3n) is 4.64. The van der Waals surface area contributed by atoms with Crippen LogP contribution >= 0.6 is 0 Å². The maximum Gasteiger partial charge on any atom is 0.120 e. The van der Waals surface area contributed by atoms with Crippen LogP contribution in [0, 0.1) is 17.2 Å². The Morgan fingerprint density at radius 3 is 2.93 bits per heavy atom. The SMILES string of the molecule is C=CCOc1cc(/C=C/c2cncc(C#N)c2)cc(CNCC2CCNC2)c1. The zero-order chi connectivity index (χ0) is 19.6. The van der Waals surface area contributed by atoms with Gasteiger partial charge in [0.25, 0.3) is 0 Å². The molecule has 2 N–H and O–H groups in total. The smallest absolute Gasteiger partial charge is 0.120 e. The molecule has 1 saturated heterocycles. The van der Waals surface area contributed by atoms with E-state index < -0.39 is 0 Å². The van der Waals surface area contributed by atoms with Crippen molar-refractivity contribution in [3.05, 3.63) is 71.6 Å². The highest BCUT2D eigenvalue weighted by molar-refractivity contribution is 5.70. The molecule has 1 aromatic carbocycles. The summed E-state index contributed by atoms with van der Waals surface area (Å²) < 4.78 is 5.76. The van der Waals surface area contributed by atoms with E-state index >= 15 is 0 Å². The van der Waals surface area contributed by atoms with Crippen LogP contribution in [-0.4, -0.2) is 31.2 Å². The van der Waals surface area contributed by atoms with Crippen molar-refractivity contribution in [2.45, 2.75) is 13.0 Å². The molecule has 0 amide bonds. The molecule has 0 saturated carbocycles. The molecular formula is C23H26N4O. The van der Waals surface area contributed by atoms with E-state index in [2.05, 4.69) is 40.4 Å². The van der Waals surface area contributed by atoms with Crippen molar-refractivity contribution in [2.24, 2.45) is 5.92 Å². The summed E-state index contributed by atoms with van der Waals surface area (Å²) in [6, 6.07) is 10.2. The van der Waals surface area contributed by atoms with Crippen molar-refractivity contribution >= 4 is 12.2 Å². The monoisotopic (exact) mass is 374 g/mol. The van der Waals surface area contributed by atoms with Crippen molar-refractivity contribution in [3.8, 4) is 11.8 Å². The summed E-state index contributed by atoms with van der Waals surface area (Å²) in [5.41, 5.74) is 3.67. The van der Waals surface area contributed by atoms with Crippen LogP contribution in [0.1, 0.15) is 28.7 Å². The van der Waals surface area contributed by atoms with Crippen LogP contribution < -0.4 is 15.4 Å². The van der Waals surface area contributed by atoms with Crippen LogP contribution in [0.25, 0.3) is 12.2 Å². The van der Waals surface area contributed by atoms with Gasteiger partial charge in [0.1, 0.15) is 18.4 Å². The van der Waals surface area contributed by atoms with Crippen molar-refractivity contribution in [1.29, 1.82) is 5.26 Å². The van der Waals surface area contributed by atoms with Gasteiger partial charge in [-0.05, 0) is 66.9 Å².